The Morgan fingerprint density at radius 1 is 0.488 bits per heavy atom. The van der Waals surface area contributed by atoms with Gasteiger partial charge in [0.1, 0.15) is 0 Å². The van der Waals surface area contributed by atoms with E-state index in [1.807, 2.05) is 0 Å². The van der Waals surface area contributed by atoms with Crippen LogP contribution in [0.15, 0.2) is 121 Å². The Bertz CT molecular complexity index is 1230. The molecule has 0 saturated carbocycles. The Labute approximate surface area is 261 Å². The molecule has 0 aliphatic carbocycles. The molecule has 0 spiro atoms. The highest BCUT2D eigenvalue weighted by atomic mass is 28.4. The van der Waals surface area contributed by atoms with Crippen LogP contribution in [0.5, 0.6) is 0 Å². The van der Waals surface area contributed by atoms with Crippen molar-refractivity contribution in [3.63, 3.8) is 0 Å². The summed E-state index contributed by atoms with van der Waals surface area (Å²) in [6.45, 7) is 15.5. The predicted molar refractivity (Wildman–Crippen MR) is 187 cm³/mol. The van der Waals surface area contributed by atoms with Crippen LogP contribution in [0.1, 0.15) is 54.4 Å². The maximum atomic E-state index is 7.28. The van der Waals surface area contributed by atoms with Gasteiger partial charge in [0, 0.05) is 12.1 Å². The van der Waals surface area contributed by atoms with Crippen molar-refractivity contribution in [1.29, 1.82) is 0 Å². The number of hydrogen-bond acceptors (Lipinski definition) is 3. The molecule has 0 unspecified atom stereocenters. The molecule has 1 fully saturated rings. The molecule has 3 nitrogen and oxygen atoms in total. The van der Waals surface area contributed by atoms with Gasteiger partial charge in [-0.05, 0) is 43.7 Å². The summed E-state index contributed by atoms with van der Waals surface area (Å²) < 4.78 is 14.6. The smallest absolute Gasteiger partial charge is 0.261 e. The third-order valence-electron chi connectivity index (χ3n) is 9.17. The second-order valence-corrected chi connectivity index (χ2v) is 22.7. The minimum atomic E-state index is -2.56. The Morgan fingerprint density at radius 3 is 0.977 bits per heavy atom. The second kappa shape index (κ2) is 13.0. The molecule has 5 heteroatoms. The highest BCUT2D eigenvalue weighted by molar-refractivity contribution is 7.00. The molecule has 0 bridgehead atoms. The molecule has 1 saturated heterocycles. The predicted octanol–water partition coefficient (Wildman–Crippen LogP) is 6.26. The lowest BCUT2D eigenvalue weighted by Gasteiger charge is -2.44. The van der Waals surface area contributed by atoms with E-state index in [4.69, 9.17) is 8.85 Å². The van der Waals surface area contributed by atoms with Crippen LogP contribution in [0.25, 0.3) is 0 Å². The summed E-state index contributed by atoms with van der Waals surface area (Å²) in [4.78, 5) is 0. The van der Waals surface area contributed by atoms with Crippen molar-refractivity contribution in [3.05, 3.63) is 121 Å². The molecule has 1 heterocycles. The summed E-state index contributed by atoms with van der Waals surface area (Å²) in [5.41, 5.74) is 0. The van der Waals surface area contributed by atoms with E-state index in [2.05, 4.69) is 168 Å². The molecule has 226 valence electrons. The van der Waals surface area contributed by atoms with Crippen molar-refractivity contribution in [1.82, 2.24) is 5.32 Å². The van der Waals surface area contributed by atoms with E-state index in [1.54, 1.807) is 0 Å². The van der Waals surface area contributed by atoms with Gasteiger partial charge < -0.3 is 14.2 Å². The minimum absolute atomic E-state index is 0.0277. The van der Waals surface area contributed by atoms with Crippen molar-refractivity contribution in [3.8, 4) is 0 Å². The lowest BCUT2D eigenvalue weighted by molar-refractivity contribution is 0.235. The van der Waals surface area contributed by atoms with Crippen LogP contribution in [-0.4, -0.2) is 41.9 Å². The van der Waals surface area contributed by atoms with E-state index in [-0.39, 0.29) is 10.1 Å². The first-order valence-corrected chi connectivity index (χ1v) is 19.7. The Balaban J connectivity index is 1.36. The van der Waals surface area contributed by atoms with Crippen LogP contribution in [0, 0.1) is 0 Å². The molecule has 1 aliphatic rings. The highest BCUT2D eigenvalue weighted by Crippen LogP contribution is 2.38. The SMILES string of the molecule is CC(C)(C)[Si](OC[C@@H]1CC[C@@H](CO[Si](c2ccccc2)(c2ccccc2)C(C)(C)C)N1)(c1ccccc1)c1ccccc1. The minimum Gasteiger partial charge on any atom is -0.406 e. The molecule has 1 aliphatic heterocycles. The van der Waals surface area contributed by atoms with Gasteiger partial charge in [-0.2, -0.15) is 0 Å². The maximum absolute atomic E-state index is 7.28. The molecule has 43 heavy (non-hydrogen) atoms. The summed E-state index contributed by atoms with van der Waals surface area (Å²) in [6.07, 6.45) is 2.18. The third-order valence-corrected chi connectivity index (χ3v) is 19.2. The quantitative estimate of drug-likeness (QED) is 0.216. The number of benzene rings is 4. The molecule has 0 aromatic heterocycles. The summed E-state index contributed by atoms with van der Waals surface area (Å²) in [6, 6.07) is 44.4. The van der Waals surface area contributed by atoms with Crippen LogP contribution in [0.2, 0.25) is 10.1 Å². The average molecular weight is 608 g/mol. The van der Waals surface area contributed by atoms with E-state index in [9.17, 15) is 0 Å². The van der Waals surface area contributed by atoms with Gasteiger partial charge in [0.2, 0.25) is 0 Å². The first-order valence-electron chi connectivity index (χ1n) is 15.8. The lowest BCUT2D eigenvalue weighted by Crippen LogP contribution is -2.67. The van der Waals surface area contributed by atoms with E-state index in [0.717, 1.165) is 12.8 Å². The third kappa shape index (κ3) is 6.38. The van der Waals surface area contributed by atoms with E-state index in [1.165, 1.54) is 20.7 Å². The molecule has 4 aromatic rings. The zero-order valence-electron chi connectivity index (χ0n) is 26.8. The monoisotopic (exact) mass is 607 g/mol. The van der Waals surface area contributed by atoms with E-state index < -0.39 is 16.6 Å². The van der Waals surface area contributed by atoms with Crippen molar-refractivity contribution >= 4 is 37.4 Å². The maximum Gasteiger partial charge on any atom is 0.261 e. The van der Waals surface area contributed by atoms with Crippen molar-refractivity contribution < 1.29 is 8.85 Å². The Kier molecular flexibility index (Phi) is 9.59. The van der Waals surface area contributed by atoms with Gasteiger partial charge >= 0.3 is 0 Å². The molecule has 2 atom stereocenters. The standard InChI is InChI=1S/C38H49NO2Si2/c1-37(2,3)42(33-19-11-7-12-20-33,34-21-13-8-14-22-34)40-29-31-27-28-32(39-31)30-41-43(38(4,5)6,35-23-15-9-16-24-35)36-25-17-10-18-26-36/h7-26,31-32,39H,27-30H2,1-6H3/t31-,32-/m0/s1. The van der Waals surface area contributed by atoms with Crippen LogP contribution >= 0.6 is 0 Å². The number of nitrogens with one attached hydrogen (secondary N) is 1. The molecular weight excluding hydrogens is 559 g/mol. The summed E-state index contributed by atoms with van der Waals surface area (Å²) in [5, 5.41) is 9.21. The lowest BCUT2D eigenvalue weighted by atomic mass is 10.2. The molecular formula is C38H49NO2Si2. The van der Waals surface area contributed by atoms with Crippen LogP contribution in [0.3, 0.4) is 0 Å². The van der Waals surface area contributed by atoms with Gasteiger partial charge in [-0.1, -0.05) is 163 Å². The van der Waals surface area contributed by atoms with Gasteiger partial charge in [-0.15, -0.1) is 0 Å². The van der Waals surface area contributed by atoms with Crippen molar-refractivity contribution in [2.75, 3.05) is 13.2 Å². The summed E-state index contributed by atoms with van der Waals surface area (Å²) >= 11 is 0. The van der Waals surface area contributed by atoms with Gasteiger partial charge in [-0.3, -0.25) is 0 Å². The highest BCUT2D eigenvalue weighted by Gasteiger charge is 2.52. The fraction of sp³-hybridized carbons (Fsp3) is 0.368. The summed E-state index contributed by atoms with van der Waals surface area (Å²) in [5.74, 6) is 0. The fourth-order valence-corrected chi connectivity index (χ4v) is 16.4. The first-order chi connectivity index (χ1) is 20.6. The average Bonchev–Trinajstić information content (AvgIpc) is 3.46. The van der Waals surface area contributed by atoms with Crippen molar-refractivity contribution in [2.45, 2.75) is 76.5 Å². The van der Waals surface area contributed by atoms with E-state index in [0.29, 0.717) is 25.3 Å². The van der Waals surface area contributed by atoms with Crippen LogP contribution < -0.4 is 26.1 Å². The zero-order valence-corrected chi connectivity index (χ0v) is 28.8. The molecule has 4 aromatic carbocycles. The summed E-state index contributed by atoms with van der Waals surface area (Å²) in [7, 11) is -5.13. The molecule has 0 amide bonds. The molecule has 1 N–H and O–H groups in total. The fourth-order valence-electron chi connectivity index (χ4n) is 7.14. The molecule has 5 rings (SSSR count). The van der Waals surface area contributed by atoms with Gasteiger partial charge in [0.15, 0.2) is 0 Å². The number of hydrogen-bond donors (Lipinski definition) is 1. The number of rotatable bonds is 10. The Morgan fingerprint density at radius 2 is 0.744 bits per heavy atom. The molecule has 0 radical (unpaired) electrons. The zero-order chi connectivity index (χ0) is 30.6. The van der Waals surface area contributed by atoms with Crippen LogP contribution in [0.4, 0.5) is 0 Å². The van der Waals surface area contributed by atoms with Gasteiger partial charge in [-0.25, -0.2) is 0 Å². The van der Waals surface area contributed by atoms with Crippen LogP contribution in [-0.2, 0) is 8.85 Å². The van der Waals surface area contributed by atoms with E-state index >= 15 is 0 Å². The normalized spacial score (nSPS) is 18.1. The second-order valence-electron chi connectivity index (χ2n) is 14.1. The van der Waals surface area contributed by atoms with Gasteiger partial charge in [0.05, 0.1) is 13.2 Å². The van der Waals surface area contributed by atoms with Crippen molar-refractivity contribution in [2.24, 2.45) is 0 Å². The first kappa shape index (κ1) is 31.6. The Hall–Kier alpha value is -2.81. The van der Waals surface area contributed by atoms with Gasteiger partial charge in [0.25, 0.3) is 16.6 Å². The topological polar surface area (TPSA) is 30.5 Å². The largest absolute Gasteiger partial charge is 0.406 e.